The fourth-order valence-electron chi connectivity index (χ4n) is 4.94. The summed E-state index contributed by atoms with van der Waals surface area (Å²) < 4.78 is 5.04. The maximum absolute atomic E-state index is 13.4. The summed E-state index contributed by atoms with van der Waals surface area (Å²) in [7, 11) is 3.10. The molecule has 2 unspecified atom stereocenters. The van der Waals surface area contributed by atoms with Gasteiger partial charge in [0.2, 0.25) is 29.4 Å². The number of carbonyl (C=O) groups is 7. The van der Waals surface area contributed by atoms with Crippen LogP contribution in [0.3, 0.4) is 0 Å². The molecule has 14 nitrogen and oxygen atoms in total. The van der Waals surface area contributed by atoms with Gasteiger partial charge in [-0.15, -0.1) is 0 Å². The number of amides is 6. The van der Waals surface area contributed by atoms with E-state index in [2.05, 4.69) is 21.3 Å². The van der Waals surface area contributed by atoms with Gasteiger partial charge in [0.1, 0.15) is 18.6 Å². The second-order valence-corrected chi connectivity index (χ2v) is 12.8. The topological polar surface area (TPSA) is 183 Å². The molecule has 4 N–H and O–H groups in total. The molecule has 1 aliphatic rings. The van der Waals surface area contributed by atoms with Crippen molar-refractivity contribution in [3.05, 3.63) is 35.9 Å². The van der Waals surface area contributed by atoms with E-state index < -0.39 is 65.6 Å². The molecule has 0 aliphatic carbocycles. The molecule has 1 saturated heterocycles. The van der Waals surface area contributed by atoms with Gasteiger partial charge in [0, 0.05) is 20.6 Å². The van der Waals surface area contributed by atoms with Crippen LogP contribution in [0.15, 0.2) is 30.3 Å². The van der Waals surface area contributed by atoms with Crippen LogP contribution >= 0.6 is 0 Å². The number of alkyl carbamates (subject to hydrolysis) is 1. The maximum Gasteiger partial charge on any atom is 0.407 e. The van der Waals surface area contributed by atoms with Crippen molar-refractivity contribution in [2.45, 2.75) is 72.0 Å². The van der Waals surface area contributed by atoms with Crippen molar-refractivity contribution in [1.82, 2.24) is 31.1 Å². The van der Waals surface area contributed by atoms with Crippen molar-refractivity contribution in [3.8, 4) is 0 Å². The molecule has 2 rings (SSSR count). The number of Topliss-reactive ketones (excluding diaryl/α,β-unsaturated/α-hetero) is 1. The second-order valence-electron chi connectivity index (χ2n) is 12.8. The second kappa shape index (κ2) is 17.3. The molecular weight excluding hydrogens is 596 g/mol. The van der Waals surface area contributed by atoms with Gasteiger partial charge in [-0.05, 0) is 29.7 Å². The number of likely N-dealkylation sites (N-methyl/N-ethyl adjacent to an activating group) is 1. The zero-order valence-corrected chi connectivity index (χ0v) is 27.8. The highest BCUT2D eigenvalue weighted by atomic mass is 16.5. The Balaban J connectivity index is 2.03. The molecule has 1 aromatic carbocycles. The first-order valence-electron chi connectivity index (χ1n) is 15.4. The van der Waals surface area contributed by atoms with Crippen molar-refractivity contribution < 1.29 is 38.3 Å². The molecule has 14 heteroatoms. The number of carbonyl (C=O) groups excluding carboxylic acids is 7. The monoisotopic (exact) mass is 644 g/mol. The van der Waals surface area contributed by atoms with Crippen molar-refractivity contribution in [3.63, 3.8) is 0 Å². The molecule has 0 spiro atoms. The predicted molar refractivity (Wildman–Crippen MR) is 169 cm³/mol. The average molecular weight is 645 g/mol. The highest BCUT2D eigenvalue weighted by Gasteiger charge is 2.44. The van der Waals surface area contributed by atoms with Gasteiger partial charge in [0.05, 0.1) is 19.2 Å². The highest BCUT2D eigenvalue weighted by Crippen LogP contribution is 2.34. The van der Waals surface area contributed by atoms with Crippen LogP contribution in [0.5, 0.6) is 0 Å². The molecule has 0 bridgehead atoms. The molecule has 1 aromatic rings. The Bertz CT molecular complexity index is 1270. The van der Waals surface area contributed by atoms with Crippen LogP contribution in [0.25, 0.3) is 0 Å². The van der Waals surface area contributed by atoms with Crippen LogP contribution < -0.4 is 21.3 Å². The highest BCUT2D eigenvalue weighted by molar-refractivity contribution is 6.38. The molecule has 1 heterocycles. The van der Waals surface area contributed by atoms with Gasteiger partial charge >= 0.3 is 6.09 Å². The first kappa shape index (κ1) is 37.7. The minimum atomic E-state index is -1.20. The summed E-state index contributed by atoms with van der Waals surface area (Å²) in [4.78, 5) is 92.4. The molecule has 0 radical (unpaired) electrons. The standard InChI is InChI=1S/C32H48N6O8/c1-8-12-22(27(41)29(43)33-16-24(39)36-26(30(44)37(6)7)21-13-10-9-11-14-21)35-28(42)23-15-32(4,5)19-38(23)25(40)17-34-31(45)46-18-20(2)3/h9-11,13-14,20,22-23,26H,8,12,15-19H2,1-7H3,(H,33,43)(H,34,45)(H,35,42)(H,36,39)/t22?,23-,26?/m0/s1. The van der Waals surface area contributed by atoms with E-state index in [0.717, 1.165) is 0 Å². The van der Waals surface area contributed by atoms with E-state index in [-0.39, 0.29) is 37.9 Å². The number of ketones is 1. The molecule has 1 aliphatic heterocycles. The largest absolute Gasteiger partial charge is 0.449 e. The zero-order chi connectivity index (χ0) is 34.6. The Morgan fingerprint density at radius 3 is 2.22 bits per heavy atom. The third kappa shape index (κ3) is 11.5. The van der Waals surface area contributed by atoms with E-state index in [9.17, 15) is 33.6 Å². The summed E-state index contributed by atoms with van der Waals surface area (Å²) in [6.45, 7) is 8.82. The van der Waals surface area contributed by atoms with E-state index in [1.165, 1.54) is 9.80 Å². The molecule has 1 fully saturated rings. The lowest BCUT2D eigenvalue weighted by molar-refractivity contribution is -0.142. The van der Waals surface area contributed by atoms with Gasteiger partial charge in [-0.1, -0.05) is 71.4 Å². The van der Waals surface area contributed by atoms with Crippen molar-refractivity contribution >= 4 is 41.4 Å². The zero-order valence-electron chi connectivity index (χ0n) is 27.8. The average Bonchev–Trinajstić information content (AvgIpc) is 3.35. The first-order chi connectivity index (χ1) is 21.6. The van der Waals surface area contributed by atoms with Gasteiger partial charge in [-0.2, -0.15) is 0 Å². The number of nitrogens with one attached hydrogen (secondary N) is 4. The molecular formula is C32H48N6O8. The fourth-order valence-corrected chi connectivity index (χ4v) is 4.94. The van der Waals surface area contributed by atoms with Crippen LogP contribution in [-0.2, 0) is 33.5 Å². The van der Waals surface area contributed by atoms with Crippen molar-refractivity contribution in [1.29, 1.82) is 0 Å². The first-order valence-corrected chi connectivity index (χ1v) is 15.4. The number of likely N-dealkylation sites (tertiary alicyclic amines) is 1. The third-order valence-corrected chi connectivity index (χ3v) is 7.24. The Morgan fingerprint density at radius 2 is 1.63 bits per heavy atom. The van der Waals surface area contributed by atoms with Crippen LogP contribution in [0.4, 0.5) is 4.79 Å². The SMILES string of the molecule is CCCC(NC(=O)[C@@H]1CC(C)(C)CN1C(=O)CNC(=O)OCC(C)C)C(=O)C(=O)NCC(=O)NC(C(=O)N(C)C)c1ccccc1. The van der Waals surface area contributed by atoms with E-state index in [0.29, 0.717) is 18.4 Å². The van der Waals surface area contributed by atoms with E-state index >= 15 is 0 Å². The Kier molecular flexibility index (Phi) is 14.2. The van der Waals surface area contributed by atoms with Gasteiger partial charge in [0.25, 0.3) is 5.91 Å². The van der Waals surface area contributed by atoms with Gasteiger partial charge in [-0.3, -0.25) is 28.8 Å². The van der Waals surface area contributed by atoms with Crippen LogP contribution in [0.2, 0.25) is 0 Å². The Morgan fingerprint density at radius 1 is 0.978 bits per heavy atom. The summed E-state index contributed by atoms with van der Waals surface area (Å²) in [6.07, 6.45) is 0.160. The molecule has 46 heavy (non-hydrogen) atoms. The minimum absolute atomic E-state index is 0.123. The molecule has 6 amide bonds. The van der Waals surface area contributed by atoms with E-state index in [1.807, 2.05) is 27.7 Å². The van der Waals surface area contributed by atoms with Gasteiger partial charge < -0.3 is 35.8 Å². The van der Waals surface area contributed by atoms with Gasteiger partial charge in [0.15, 0.2) is 0 Å². The summed E-state index contributed by atoms with van der Waals surface area (Å²) in [5.41, 5.74) is 0.128. The van der Waals surface area contributed by atoms with Crippen LogP contribution in [-0.4, -0.2) is 104 Å². The number of hydrogen-bond acceptors (Lipinski definition) is 8. The summed E-state index contributed by atoms with van der Waals surface area (Å²) in [5.74, 6) is -4.06. The summed E-state index contributed by atoms with van der Waals surface area (Å²) in [5, 5.41) is 9.90. The third-order valence-electron chi connectivity index (χ3n) is 7.24. The number of hydrogen-bond donors (Lipinski definition) is 4. The molecule has 3 atom stereocenters. The predicted octanol–water partition coefficient (Wildman–Crippen LogP) is 0.912. The number of benzene rings is 1. The number of ether oxygens (including phenoxy) is 1. The fraction of sp³-hybridized carbons (Fsp3) is 0.594. The molecule has 254 valence electrons. The van der Waals surface area contributed by atoms with Crippen molar-refractivity contribution in [2.24, 2.45) is 11.3 Å². The normalized spacial score (nSPS) is 16.5. The Labute approximate surface area is 270 Å². The quantitative estimate of drug-likeness (QED) is 0.203. The number of rotatable bonds is 15. The van der Waals surface area contributed by atoms with E-state index in [4.69, 9.17) is 4.74 Å². The van der Waals surface area contributed by atoms with Crippen LogP contribution in [0, 0.1) is 11.3 Å². The summed E-state index contributed by atoms with van der Waals surface area (Å²) >= 11 is 0. The van der Waals surface area contributed by atoms with Crippen molar-refractivity contribution in [2.75, 3.05) is 40.3 Å². The smallest absolute Gasteiger partial charge is 0.407 e. The van der Waals surface area contributed by atoms with E-state index in [1.54, 1.807) is 51.4 Å². The Hall–Kier alpha value is -4.49. The lowest BCUT2D eigenvalue weighted by Crippen LogP contribution is -2.54. The lowest BCUT2D eigenvalue weighted by Gasteiger charge is -2.26. The number of nitrogens with zero attached hydrogens (tertiary/aromatic N) is 2. The molecule has 0 aromatic heterocycles. The minimum Gasteiger partial charge on any atom is -0.449 e. The van der Waals surface area contributed by atoms with Crippen LogP contribution in [0.1, 0.15) is 65.5 Å². The lowest BCUT2D eigenvalue weighted by atomic mass is 9.90. The van der Waals surface area contributed by atoms with Gasteiger partial charge in [-0.25, -0.2) is 4.79 Å². The molecule has 0 saturated carbocycles. The summed E-state index contributed by atoms with van der Waals surface area (Å²) in [6, 6.07) is 5.47. The maximum atomic E-state index is 13.4.